The quantitative estimate of drug-likeness (QED) is 0.639. The van der Waals surface area contributed by atoms with Gasteiger partial charge < -0.3 is 0 Å². The second kappa shape index (κ2) is 2.88. The number of aromatic nitrogens is 3. The van der Waals surface area contributed by atoms with Crippen molar-refractivity contribution in [1.29, 1.82) is 0 Å². The van der Waals surface area contributed by atoms with E-state index in [0.717, 1.165) is 18.1 Å². The summed E-state index contributed by atoms with van der Waals surface area (Å²) in [5.41, 5.74) is 0.0482. The van der Waals surface area contributed by atoms with E-state index in [4.69, 9.17) is 0 Å². The third-order valence-corrected chi connectivity index (χ3v) is 1.73. The first-order valence-corrected chi connectivity index (χ1v) is 4.38. The van der Waals surface area contributed by atoms with Gasteiger partial charge in [0.05, 0.1) is 5.54 Å². The molecule has 0 aliphatic rings. The number of hydrogen-bond donors (Lipinski definition) is 0. The number of nitrogens with zero attached hydrogens (tertiary/aromatic N) is 3. The highest BCUT2D eigenvalue weighted by Gasteiger charge is 2.18. The fraction of sp³-hybridized carbons (Fsp3) is 0.778. The van der Waals surface area contributed by atoms with Crippen LogP contribution in [0.1, 0.15) is 39.3 Å². The fourth-order valence-corrected chi connectivity index (χ4v) is 1.22. The minimum Gasteiger partial charge on any atom is -0.245 e. The molecule has 0 fully saturated rings. The third kappa shape index (κ3) is 1.65. The van der Waals surface area contributed by atoms with Gasteiger partial charge in [-0.2, -0.15) is 5.10 Å². The molecular weight excluding hydrogens is 150 g/mol. The Morgan fingerprint density at radius 2 is 1.92 bits per heavy atom. The molecule has 1 heterocycles. The van der Waals surface area contributed by atoms with E-state index in [1.165, 1.54) is 0 Å². The molecule has 0 aromatic carbocycles. The molecule has 1 aromatic rings. The van der Waals surface area contributed by atoms with Gasteiger partial charge in [0.1, 0.15) is 11.6 Å². The third-order valence-electron chi connectivity index (χ3n) is 1.73. The molecule has 12 heavy (non-hydrogen) atoms. The van der Waals surface area contributed by atoms with Crippen molar-refractivity contribution in [2.75, 3.05) is 0 Å². The molecule has 0 radical (unpaired) electrons. The van der Waals surface area contributed by atoms with Crippen LogP contribution in [0.5, 0.6) is 0 Å². The molecule has 0 N–H and O–H groups in total. The maximum absolute atomic E-state index is 4.36. The summed E-state index contributed by atoms with van der Waals surface area (Å²) in [6.45, 7) is 10.5. The van der Waals surface area contributed by atoms with Gasteiger partial charge in [-0.05, 0) is 27.7 Å². The first-order chi connectivity index (χ1) is 5.45. The molecular formula is C9H17N3. The SMILES string of the molecule is CCc1nc(C)nn1C(C)(C)C. The zero-order chi connectivity index (χ0) is 9.35. The molecule has 3 nitrogen and oxygen atoms in total. The smallest absolute Gasteiger partial charge is 0.147 e. The van der Waals surface area contributed by atoms with Gasteiger partial charge in [-0.1, -0.05) is 6.92 Å². The van der Waals surface area contributed by atoms with Gasteiger partial charge in [-0.3, -0.25) is 0 Å². The van der Waals surface area contributed by atoms with Crippen LogP contribution in [0.3, 0.4) is 0 Å². The molecule has 0 unspecified atom stereocenters. The Hall–Kier alpha value is -0.860. The van der Waals surface area contributed by atoms with Crippen molar-refractivity contribution in [3.05, 3.63) is 11.6 Å². The molecule has 68 valence electrons. The monoisotopic (exact) mass is 167 g/mol. The van der Waals surface area contributed by atoms with Crippen LogP contribution >= 0.6 is 0 Å². The standard InChI is InChI=1S/C9H17N3/c1-6-8-10-7(2)11-12(8)9(3,4)5/h6H2,1-5H3. The van der Waals surface area contributed by atoms with Gasteiger partial charge >= 0.3 is 0 Å². The molecule has 3 heteroatoms. The van der Waals surface area contributed by atoms with E-state index >= 15 is 0 Å². The van der Waals surface area contributed by atoms with Crippen molar-refractivity contribution in [2.45, 2.75) is 46.6 Å². The maximum Gasteiger partial charge on any atom is 0.147 e. The van der Waals surface area contributed by atoms with E-state index < -0.39 is 0 Å². The first kappa shape index (κ1) is 9.23. The zero-order valence-corrected chi connectivity index (χ0v) is 8.55. The van der Waals surface area contributed by atoms with Crippen molar-refractivity contribution in [3.8, 4) is 0 Å². The van der Waals surface area contributed by atoms with E-state index in [9.17, 15) is 0 Å². The highest BCUT2D eigenvalue weighted by molar-refractivity contribution is 4.94. The van der Waals surface area contributed by atoms with Gasteiger partial charge in [-0.15, -0.1) is 0 Å². The molecule has 1 aromatic heterocycles. The normalized spacial score (nSPS) is 12.1. The number of hydrogen-bond acceptors (Lipinski definition) is 2. The predicted octanol–water partition coefficient (Wildman–Crippen LogP) is 1.90. The van der Waals surface area contributed by atoms with Crippen molar-refractivity contribution < 1.29 is 0 Å². The Balaban J connectivity index is 3.13. The molecule has 0 atom stereocenters. The summed E-state index contributed by atoms with van der Waals surface area (Å²) >= 11 is 0. The Labute approximate surface area is 73.8 Å². The number of aryl methyl sites for hydroxylation is 2. The number of rotatable bonds is 1. The molecule has 0 saturated carbocycles. The van der Waals surface area contributed by atoms with Crippen LogP contribution < -0.4 is 0 Å². The maximum atomic E-state index is 4.36. The molecule has 0 amide bonds. The second-order valence-corrected chi connectivity index (χ2v) is 4.01. The molecule has 0 bridgehead atoms. The zero-order valence-electron chi connectivity index (χ0n) is 8.55. The van der Waals surface area contributed by atoms with Gasteiger partial charge in [0.25, 0.3) is 0 Å². The second-order valence-electron chi connectivity index (χ2n) is 4.01. The summed E-state index contributed by atoms with van der Waals surface area (Å²) in [5, 5.41) is 4.36. The molecule has 0 aliphatic heterocycles. The summed E-state index contributed by atoms with van der Waals surface area (Å²) in [6.07, 6.45) is 0.943. The summed E-state index contributed by atoms with van der Waals surface area (Å²) in [6, 6.07) is 0. The largest absolute Gasteiger partial charge is 0.245 e. The lowest BCUT2D eigenvalue weighted by atomic mass is 10.1. The molecule has 0 aliphatic carbocycles. The van der Waals surface area contributed by atoms with Crippen molar-refractivity contribution >= 4 is 0 Å². The van der Waals surface area contributed by atoms with Crippen LogP contribution in [0.25, 0.3) is 0 Å². The first-order valence-electron chi connectivity index (χ1n) is 4.38. The summed E-state index contributed by atoms with van der Waals surface area (Å²) in [4.78, 5) is 4.35. The van der Waals surface area contributed by atoms with Crippen LogP contribution in [-0.4, -0.2) is 14.8 Å². The topological polar surface area (TPSA) is 30.7 Å². The van der Waals surface area contributed by atoms with Gasteiger partial charge in [-0.25, -0.2) is 9.67 Å². The van der Waals surface area contributed by atoms with Crippen molar-refractivity contribution in [3.63, 3.8) is 0 Å². The fourth-order valence-electron chi connectivity index (χ4n) is 1.22. The lowest BCUT2D eigenvalue weighted by molar-refractivity contribution is 0.341. The van der Waals surface area contributed by atoms with Crippen molar-refractivity contribution in [1.82, 2.24) is 14.8 Å². The molecule has 0 spiro atoms. The Morgan fingerprint density at radius 1 is 1.33 bits per heavy atom. The van der Waals surface area contributed by atoms with E-state index in [1.54, 1.807) is 0 Å². The summed E-state index contributed by atoms with van der Waals surface area (Å²) in [5.74, 6) is 1.93. The summed E-state index contributed by atoms with van der Waals surface area (Å²) in [7, 11) is 0. The summed E-state index contributed by atoms with van der Waals surface area (Å²) < 4.78 is 2.00. The van der Waals surface area contributed by atoms with E-state index in [2.05, 4.69) is 37.8 Å². The minimum atomic E-state index is 0.0482. The van der Waals surface area contributed by atoms with Crippen LogP contribution in [0.4, 0.5) is 0 Å². The average Bonchev–Trinajstić information content (AvgIpc) is 2.29. The van der Waals surface area contributed by atoms with Gasteiger partial charge in [0.2, 0.25) is 0 Å². The molecule has 1 rings (SSSR count). The van der Waals surface area contributed by atoms with Gasteiger partial charge in [0.15, 0.2) is 0 Å². The van der Waals surface area contributed by atoms with Crippen molar-refractivity contribution in [2.24, 2.45) is 0 Å². The van der Waals surface area contributed by atoms with Crippen LogP contribution in [0.15, 0.2) is 0 Å². The predicted molar refractivity (Wildman–Crippen MR) is 49.1 cm³/mol. The molecule has 0 saturated heterocycles. The highest BCUT2D eigenvalue weighted by atomic mass is 15.4. The lowest BCUT2D eigenvalue weighted by Crippen LogP contribution is -2.25. The Kier molecular flexibility index (Phi) is 2.22. The Morgan fingerprint density at radius 3 is 2.25 bits per heavy atom. The van der Waals surface area contributed by atoms with E-state index in [1.807, 2.05) is 11.6 Å². The van der Waals surface area contributed by atoms with Crippen LogP contribution in [0.2, 0.25) is 0 Å². The van der Waals surface area contributed by atoms with Crippen LogP contribution in [0, 0.1) is 6.92 Å². The minimum absolute atomic E-state index is 0.0482. The highest BCUT2D eigenvalue weighted by Crippen LogP contribution is 2.14. The average molecular weight is 167 g/mol. The Bertz CT molecular complexity index is 268. The lowest BCUT2D eigenvalue weighted by Gasteiger charge is -2.20. The van der Waals surface area contributed by atoms with Crippen LogP contribution in [-0.2, 0) is 12.0 Å². The van der Waals surface area contributed by atoms with E-state index in [-0.39, 0.29) is 5.54 Å². The van der Waals surface area contributed by atoms with Gasteiger partial charge in [0, 0.05) is 6.42 Å². The van der Waals surface area contributed by atoms with E-state index in [0.29, 0.717) is 0 Å².